The van der Waals surface area contributed by atoms with Crippen LogP contribution in [-0.4, -0.2) is 23.3 Å². The van der Waals surface area contributed by atoms with Crippen molar-refractivity contribution in [1.29, 1.82) is 0 Å². The molecule has 3 aromatic rings. The van der Waals surface area contributed by atoms with Gasteiger partial charge in [-0.25, -0.2) is 0 Å². The molecule has 0 saturated heterocycles. The second-order valence-corrected chi connectivity index (χ2v) is 6.76. The highest BCUT2D eigenvalue weighted by Gasteiger charge is 2.17. The van der Waals surface area contributed by atoms with Crippen LogP contribution in [-0.2, 0) is 5.54 Å². The van der Waals surface area contributed by atoms with Crippen LogP contribution in [0.5, 0.6) is 0 Å². The Hall–Kier alpha value is -1.46. The molecule has 0 aliphatic rings. The van der Waals surface area contributed by atoms with Crippen LogP contribution in [0.15, 0.2) is 42.6 Å². The minimum atomic E-state index is -0.325. The summed E-state index contributed by atoms with van der Waals surface area (Å²) in [5.41, 5.74) is 11.8. The molecule has 0 radical (unpaired) electrons. The van der Waals surface area contributed by atoms with Gasteiger partial charge in [-0.15, -0.1) is 37.2 Å². The molecule has 0 bridgehead atoms. The Kier molecular flexibility index (Phi) is 9.63. The number of halogens is 3. The Morgan fingerprint density at radius 2 is 1.56 bits per heavy atom. The molecule has 0 amide bonds. The lowest BCUT2D eigenvalue weighted by molar-refractivity contribution is 0.554. The number of hydrogen-bond donors (Lipinski definition) is 2. The van der Waals surface area contributed by atoms with Crippen LogP contribution in [0.25, 0.3) is 22.0 Å². The summed E-state index contributed by atoms with van der Waals surface area (Å²) in [5, 5.41) is 8.47. The standard InChI is InChI=1S/C20H26N4.3ClH/c1-5-24(6-2)19-16(11-12-18-17(19)13-22-23-18)14-7-9-15(10-8-14)20(3,4)21;;;/h7-13H,5-6,21H2,1-4H3,(H,22,23);3*1H. The SMILES string of the molecule is CCN(CC)c1c(-c2ccc(C(C)(C)N)cc2)ccc2[nH]ncc12.Cl.Cl.Cl. The first-order valence-electron chi connectivity index (χ1n) is 8.56. The van der Waals surface area contributed by atoms with Crippen LogP contribution < -0.4 is 10.6 Å². The number of nitrogens with one attached hydrogen (secondary N) is 1. The van der Waals surface area contributed by atoms with Crippen molar-refractivity contribution < 1.29 is 0 Å². The van der Waals surface area contributed by atoms with E-state index in [0.717, 1.165) is 24.2 Å². The normalized spacial score (nSPS) is 10.6. The van der Waals surface area contributed by atoms with Gasteiger partial charge in [-0.3, -0.25) is 5.10 Å². The van der Waals surface area contributed by atoms with E-state index in [0.29, 0.717) is 0 Å². The molecule has 0 aliphatic carbocycles. The number of rotatable bonds is 5. The van der Waals surface area contributed by atoms with Gasteiger partial charge in [0.25, 0.3) is 0 Å². The third kappa shape index (κ3) is 5.08. The molecule has 1 heterocycles. The fourth-order valence-corrected chi connectivity index (χ4v) is 3.20. The maximum atomic E-state index is 6.21. The molecular formula is C20H29Cl3N4. The predicted molar refractivity (Wildman–Crippen MR) is 124 cm³/mol. The first kappa shape index (κ1) is 25.5. The van der Waals surface area contributed by atoms with Gasteiger partial charge in [0, 0.05) is 29.6 Å². The molecule has 150 valence electrons. The van der Waals surface area contributed by atoms with E-state index in [1.54, 1.807) is 0 Å². The molecule has 0 aliphatic heterocycles. The van der Waals surface area contributed by atoms with Crippen LogP contribution in [0.3, 0.4) is 0 Å². The quantitative estimate of drug-likeness (QED) is 0.558. The monoisotopic (exact) mass is 430 g/mol. The lowest BCUT2D eigenvalue weighted by Crippen LogP contribution is -2.28. The van der Waals surface area contributed by atoms with E-state index in [1.165, 1.54) is 22.2 Å². The Balaban J connectivity index is 0.00000225. The number of hydrogen-bond acceptors (Lipinski definition) is 3. The predicted octanol–water partition coefficient (Wildman–Crippen LogP) is 5.54. The highest BCUT2D eigenvalue weighted by molar-refractivity contribution is 6.00. The first-order valence-corrected chi connectivity index (χ1v) is 8.56. The zero-order valence-corrected chi connectivity index (χ0v) is 18.6. The number of benzene rings is 2. The maximum Gasteiger partial charge on any atom is 0.0671 e. The summed E-state index contributed by atoms with van der Waals surface area (Å²) in [7, 11) is 0. The summed E-state index contributed by atoms with van der Waals surface area (Å²) in [6, 6.07) is 12.9. The average molecular weight is 432 g/mol. The number of nitrogens with zero attached hydrogens (tertiary/aromatic N) is 2. The van der Waals surface area contributed by atoms with Crippen LogP contribution in [0.4, 0.5) is 5.69 Å². The van der Waals surface area contributed by atoms with Crippen LogP contribution in [0.2, 0.25) is 0 Å². The second-order valence-electron chi connectivity index (χ2n) is 6.76. The average Bonchev–Trinajstić information content (AvgIpc) is 3.04. The lowest BCUT2D eigenvalue weighted by Gasteiger charge is -2.25. The summed E-state index contributed by atoms with van der Waals surface area (Å²) in [5.74, 6) is 0. The molecule has 1 aromatic heterocycles. The van der Waals surface area contributed by atoms with Crippen LogP contribution >= 0.6 is 37.2 Å². The summed E-state index contributed by atoms with van der Waals surface area (Å²) < 4.78 is 0. The highest BCUT2D eigenvalue weighted by atomic mass is 35.5. The van der Waals surface area contributed by atoms with Gasteiger partial charge < -0.3 is 10.6 Å². The molecule has 3 rings (SSSR count). The Morgan fingerprint density at radius 1 is 0.963 bits per heavy atom. The van der Waals surface area contributed by atoms with E-state index in [4.69, 9.17) is 5.73 Å². The number of anilines is 1. The van der Waals surface area contributed by atoms with E-state index < -0.39 is 0 Å². The Bertz CT molecular complexity index is 835. The molecule has 0 unspecified atom stereocenters. The minimum absolute atomic E-state index is 0. The molecule has 0 saturated carbocycles. The molecule has 2 aromatic carbocycles. The second kappa shape index (κ2) is 10.2. The van der Waals surface area contributed by atoms with Gasteiger partial charge in [-0.1, -0.05) is 30.3 Å². The van der Waals surface area contributed by atoms with E-state index in [-0.39, 0.29) is 42.8 Å². The number of aromatic nitrogens is 2. The van der Waals surface area contributed by atoms with Crippen molar-refractivity contribution in [2.45, 2.75) is 33.2 Å². The maximum absolute atomic E-state index is 6.21. The molecule has 0 atom stereocenters. The minimum Gasteiger partial charge on any atom is -0.371 e. The number of fused-ring (bicyclic) bond motifs is 1. The molecule has 0 fully saturated rings. The van der Waals surface area contributed by atoms with Crippen LogP contribution in [0, 0.1) is 0 Å². The van der Waals surface area contributed by atoms with E-state index in [2.05, 4.69) is 65.3 Å². The summed E-state index contributed by atoms with van der Waals surface area (Å²) in [6.07, 6.45) is 1.92. The molecule has 4 nitrogen and oxygen atoms in total. The van der Waals surface area contributed by atoms with Crippen molar-refractivity contribution in [2.75, 3.05) is 18.0 Å². The van der Waals surface area contributed by atoms with Gasteiger partial charge >= 0.3 is 0 Å². The molecule has 27 heavy (non-hydrogen) atoms. The van der Waals surface area contributed by atoms with E-state index in [9.17, 15) is 0 Å². The van der Waals surface area contributed by atoms with E-state index >= 15 is 0 Å². The molecule has 3 N–H and O–H groups in total. The van der Waals surface area contributed by atoms with Gasteiger partial charge in [-0.2, -0.15) is 5.10 Å². The van der Waals surface area contributed by atoms with Crippen molar-refractivity contribution in [1.82, 2.24) is 10.2 Å². The van der Waals surface area contributed by atoms with Gasteiger partial charge in [0.05, 0.1) is 17.4 Å². The van der Waals surface area contributed by atoms with Crippen molar-refractivity contribution >= 4 is 53.8 Å². The number of nitrogens with two attached hydrogens (primary N) is 1. The van der Waals surface area contributed by atoms with Crippen LogP contribution in [0.1, 0.15) is 33.3 Å². The first-order chi connectivity index (χ1) is 11.5. The number of H-pyrrole nitrogens is 1. The van der Waals surface area contributed by atoms with Gasteiger partial charge in [-0.05, 0) is 44.9 Å². The Morgan fingerprint density at radius 3 is 2.07 bits per heavy atom. The number of aromatic amines is 1. The van der Waals surface area contributed by atoms with Gasteiger partial charge in [0.1, 0.15) is 0 Å². The van der Waals surface area contributed by atoms with E-state index in [1.807, 2.05) is 20.0 Å². The summed E-state index contributed by atoms with van der Waals surface area (Å²) in [6.45, 7) is 10.4. The topological polar surface area (TPSA) is 57.9 Å². The van der Waals surface area contributed by atoms with Gasteiger partial charge in [0.2, 0.25) is 0 Å². The third-order valence-electron chi connectivity index (χ3n) is 4.62. The van der Waals surface area contributed by atoms with Crippen molar-refractivity contribution in [3.63, 3.8) is 0 Å². The molecular weight excluding hydrogens is 403 g/mol. The molecule has 7 heteroatoms. The summed E-state index contributed by atoms with van der Waals surface area (Å²) >= 11 is 0. The van der Waals surface area contributed by atoms with Crippen molar-refractivity contribution in [2.24, 2.45) is 5.73 Å². The molecule has 0 spiro atoms. The fourth-order valence-electron chi connectivity index (χ4n) is 3.20. The van der Waals surface area contributed by atoms with Crippen molar-refractivity contribution in [3.05, 3.63) is 48.2 Å². The highest BCUT2D eigenvalue weighted by Crippen LogP contribution is 2.37. The summed E-state index contributed by atoms with van der Waals surface area (Å²) in [4.78, 5) is 2.38. The third-order valence-corrected chi connectivity index (χ3v) is 4.62. The largest absolute Gasteiger partial charge is 0.371 e. The zero-order chi connectivity index (χ0) is 17.3. The zero-order valence-electron chi connectivity index (χ0n) is 16.2. The Labute approximate surface area is 180 Å². The van der Waals surface area contributed by atoms with Gasteiger partial charge in [0.15, 0.2) is 0 Å². The van der Waals surface area contributed by atoms with Crippen molar-refractivity contribution in [3.8, 4) is 11.1 Å². The fraction of sp³-hybridized carbons (Fsp3) is 0.350. The smallest absolute Gasteiger partial charge is 0.0671 e. The lowest BCUT2D eigenvalue weighted by atomic mass is 9.92.